The van der Waals surface area contributed by atoms with Crippen LogP contribution in [0.1, 0.15) is 20.3 Å². The molecule has 3 N–H and O–H groups in total. The number of benzene rings is 2. The summed E-state index contributed by atoms with van der Waals surface area (Å²) in [7, 11) is 0. The molecular weight excluding hydrogens is 318 g/mol. The summed E-state index contributed by atoms with van der Waals surface area (Å²) in [5.74, 6) is 0.553. The van der Waals surface area contributed by atoms with E-state index in [9.17, 15) is 9.59 Å². The molecule has 0 heterocycles. The van der Waals surface area contributed by atoms with Crippen molar-refractivity contribution in [3.05, 3.63) is 48.5 Å². The molecule has 0 radical (unpaired) electrons. The molecule has 25 heavy (non-hydrogen) atoms. The average Bonchev–Trinajstić information content (AvgIpc) is 2.61. The summed E-state index contributed by atoms with van der Waals surface area (Å²) in [4.78, 5) is 23.5. The third kappa shape index (κ3) is 6.18. The summed E-state index contributed by atoms with van der Waals surface area (Å²) in [5, 5.41) is 8.61. The first-order valence-electron chi connectivity index (χ1n) is 8.27. The van der Waals surface area contributed by atoms with E-state index in [1.54, 1.807) is 31.2 Å². The maximum Gasteiger partial charge on any atom is 0.243 e. The number of hydrogen-bond donors (Lipinski definition) is 3. The molecule has 0 fully saturated rings. The molecule has 2 aromatic carbocycles. The fourth-order valence-corrected chi connectivity index (χ4v) is 2.15. The minimum Gasteiger partial charge on any atom is -0.494 e. The molecule has 132 valence electrons. The van der Waals surface area contributed by atoms with Crippen LogP contribution in [-0.4, -0.2) is 25.0 Å². The van der Waals surface area contributed by atoms with Crippen LogP contribution >= 0.6 is 0 Å². The minimum atomic E-state index is -0.173. The van der Waals surface area contributed by atoms with Gasteiger partial charge >= 0.3 is 0 Å². The van der Waals surface area contributed by atoms with Gasteiger partial charge in [0.25, 0.3) is 0 Å². The second-order valence-electron chi connectivity index (χ2n) is 5.34. The number of hydrogen-bond acceptors (Lipinski definition) is 4. The summed E-state index contributed by atoms with van der Waals surface area (Å²) in [5.41, 5.74) is 2.12. The summed E-state index contributed by atoms with van der Waals surface area (Å²) in [6.45, 7) is 4.47. The molecule has 0 aliphatic carbocycles. The molecular formula is C19H23N3O3. The van der Waals surface area contributed by atoms with Crippen LogP contribution in [0.5, 0.6) is 5.75 Å². The van der Waals surface area contributed by atoms with Gasteiger partial charge in [0.1, 0.15) is 5.75 Å². The van der Waals surface area contributed by atoms with Gasteiger partial charge in [-0.25, -0.2) is 0 Å². The Kier molecular flexibility index (Phi) is 6.83. The van der Waals surface area contributed by atoms with E-state index in [1.165, 1.54) is 0 Å². The number of amides is 2. The van der Waals surface area contributed by atoms with E-state index < -0.39 is 0 Å². The van der Waals surface area contributed by atoms with E-state index in [1.807, 2.05) is 31.2 Å². The number of carbonyl (C=O) groups is 2. The van der Waals surface area contributed by atoms with Gasteiger partial charge in [-0.15, -0.1) is 0 Å². The number of carbonyl (C=O) groups excluding carboxylic acids is 2. The Bertz CT molecular complexity index is 714. The number of anilines is 3. The Morgan fingerprint density at radius 3 is 2.12 bits per heavy atom. The average molecular weight is 341 g/mol. The van der Waals surface area contributed by atoms with Crippen LogP contribution in [0.3, 0.4) is 0 Å². The van der Waals surface area contributed by atoms with Gasteiger partial charge in [-0.3, -0.25) is 9.59 Å². The maximum absolute atomic E-state index is 12.1. The van der Waals surface area contributed by atoms with E-state index in [4.69, 9.17) is 4.74 Å². The molecule has 0 bridgehead atoms. The van der Waals surface area contributed by atoms with Gasteiger partial charge in [0.05, 0.1) is 13.2 Å². The topological polar surface area (TPSA) is 79.5 Å². The zero-order chi connectivity index (χ0) is 18.1. The molecule has 0 unspecified atom stereocenters. The summed E-state index contributed by atoms with van der Waals surface area (Å²) < 4.78 is 5.38. The molecule has 0 saturated heterocycles. The van der Waals surface area contributed by atoms with Gasteiger partial charge in [0.2, 0.25) is 11.8 Å². The van der Waals surface area contributed by atoms with Crippen molar-refractivity contribution in [2.45, 2.75) is 20.3 Å². The van der Waals surface area contributed by atoms with Crippen LogP contribution < -0.4 is 20.7 Å². The Labute approximate surface area is 147 Å². The first-order valence-corrected chi connectivity index (χ1v) is 8.27. The highest BCUT2D eigenvalue weighted by atomic mass is 16.5. The van der Waals surface area contributed by atoms with Gasteiger partial charge in [-0.05, 0) is 49.4 Å². The molecule has 0 aliphatic heterocycles. The molecule has 2 aromatic rings. The summed E-state index contributed by atoms with van der Waals surface area (Å²) >= 11 is 0. The fourth-order valence-electron chi connectivity index (χ4n) is 2.15. The predicted molar refractivity (Wildman–Crippen MR) is 100 cm³/mol. The molecule has 0 saturated carbocycles. The van der Waals surface area contributed by atoms with Crippen LogP contribution in [0.2, 0.25) is 0 Å². The van der Waals surface area contributed by atoms with Gasteiger partial charge in [-0.1, -0.05) is 13.0 Å². The molecule has 0 aromatic heterocycles. The summed E-state index contributed by atoms with van der Waals surface area (Å²) in [6, 6.07) is 14.5. The zero-order valence-corrected chi connectivity index (χ0v) is 14.5. The Hall–Kier alpha value is -3.02. The van der Waals surface area contributed by atoms with Crippen molar-refractivity contribution in [2.24, 2.45) is 0 Å². The third-order valence-electron chi connectivity index (χ3n) is 3.37. The highest BCUT2D eigenvalue weighted by Crippen LogP contribution is 2.17. The highest BCUT2D eigenvalue weighted by Gasteiger charge is 2.05. The van der Waals surface area contributed by atoms with E-state index in [0.29, 0.717) is 24.4 Å². The quantitative estimate of drug-likeness (QED) is 0.687. The van der Waals surface area contributed by atoms with Crippen molar-refractivity contribution < 1.29 is 14.3 Å². The first-order chi connectivity index (χ1) is 12.1. The van der Waals surface area contributed by atoms with E-state index in [2.05, 4.69) is 16.0 Å². The van der Waals surface area contributed by atoms with Gasteiger partial charge in [-0.2, -0.15) is 0 Å². The van der Waals surface area contributed by atoms with Crippen molar-refractivity contribution in [3.8, 4) is 5.75 Å². The second kappa shape index (κ2) is 9.32. The van der Waals surface area contributed by atoms with Gasteiger partial charge in [0.15, 0.2) is 0 Å². The van der Waals surface area contributed by atoms with Crippen LogP contribution in [0, 0.1) is 0 Å². The highest BCUT2D eigenvalue weighted by molar-refractivity contribution is 5.95. The predicted octanol–water partition coefficient (Wildman–Crippen LogP) is 3.48. The van der Waals surface area contributed by atoms with E-state index >= 15 is 0 Å². The Morgan fingerprint density at radius 2 is 1.52 bits per heavy atom. The molecule has 2 amide bonds. The van der Waals surface area contributed by atoms with Crippen molar-refractivity contribution in [2.75, 3.05) is 29.1 Å². The van der Waals surface area contributed by atoms with Crippen LogP contribution in [-0.2, 0) is 9.59 Å². The molecule has 0 atom stereocenters. The van der Waals surface area contributed by atoms with E-state index in [0.717, 1.165) is 11.4 Å². The maximum atomic E-state index is 12.1. The molecule has 6 nitrogen and oxygen atoms in total. The number of rotatable bonds is 8. The fraction of sp³-hybridized carbons (Fsp3) is 0.263. The smallest absolute Gasteiger partial charge is 0.243 e. The number of nitrogens with one attached hydrogen (secondary N) is 3. The number of ether oxygens (including phenoxy) is 1. The molecule has 0 aliphatic rings. The SMILES string of the molecule is CCOc1ccc(NCC(=O)Nc2cccc(NC(=O)CC)c2)cc1. The van der Waals surface area contributed by atoms with Crippen LogP contribution in [0.4, 0.5) is 17.1 Å². The molecule has 0 spiro atoms. The van der Waals surface area contributed by atoms with Crippen LogP contribution in [0.15, 0.2) is 48.5 Å². The Balaban J connectivity index is 1.85. The standard InChI is InChI=1S/C19H23N3O3/c1-3-18(23)21-15-6-5-7-16(12-15)22-19(24)13-20-14-8-10-17(11-9-14)25-4-2/h5-12,20H,3-4,13H2,1-2H3,(H,21,23)(H,22,24). The van der Waals surface area contributed by atoms with Crippen molar-refractivity contribution >= 4 is 28.9 Å². The van der Waals surface area contributed by atoms with Crippen molar-refractivity contribution in [1.29, 1.82) is 0 Å². The summed E-state index contributed by atoms with van der Waals surface area (Å²) in [6.07, 6.45) is 0.405. The van der Waals surface area contributed by atoms with Crippen molar-refractivity contribution in [3.63, 3.8) is 0 Å². The van der Waals surface area contributed by atoms with Crippen molar-refractivity contribution in [1.82, 2.24) is 0 Å². The second-order valence-corrected chi connectivity index (χ2v) is 5.34. The lowest BCUT2D eigenvalue weighted by Crippen LogP contribution is -2.21. The van der Waals surface area contributed by atoms with E-state index in [-0.39, 0.29) is 18.4 Å². The van der Waals surface area contributed by atoms with Crippen LogP contribution in [0.25, 0.3) is 0 Å². The minimum absolute atomic E-state index is 0.0688. The first kappa shape index (κ1) is 18.3. The lowest BCUT2D eigenvalue weighted by atomic mass is 10.2. The zero-order valence-electron chi connectivity index (χ0n) is 14.5. The third-order valence-corrected chi connectivity index (χ3v) is 3.37. The normalized spacial score (nSPS) is 10.0. The van der Waals surface area contributed by atoms with Gasteiger partial charge in [0, 0.05) is 23.5 Å². The largest absolute Gasteiger partial charge is 0.494 e. The lowest BCUT2D eigenvalue weighted by molar-refractivity contribution is -0.116. The molecule has 2 rings (SSSR count). The van der Waals surface area contributed by atoms with Gasteiger partial charge < -0.3 is 20.7 Å². The Morgan fingerprint density at radius 1 is 0.880 bits per heavy atom. The molecule has 6 heteroatoms. The monoisotopic (exact) mass is 341 g/mol. The lowest BCUT2D eigenvalue weighted by Gasteiger charge is -2.10.